The molecule has 0 bridgehead atoms. The zero-order valence-electron chi connectivity index (χ0n) is 14.4. The van der Waals surface area contributed by atoms with Crippen LogP contribution in [0.5, 0.6) is 0 Å². The molecule has 0 spiro atoms. The Labute approximate surface area is 147 Å². The van der Waals surface area contributed by atoms with Gasteiger partial charge in [-0.25, -0.2) is 4.79 Å². The number of hydrogen-bond acceptors (Lipinski definition) is 6. The summed E-state index contributed by atoms with van der Waals surface area (Å²) in [6, 6.07) is 7.37. The second-order valence-electron chi connectivity index (χ2n) is 6.26. The standard InChI is InChI=1S/C17H26N4O4/c1-13(23)10-19-15-6-8-20(9-7-15)16-4-2-14(3-5-16)11-21(17(18)24)25-12-22/h2-5,12-13,15,19,23H,6-11H2,1H3,(H2,18,24). The molecule has 1 fully saturated rings. The van der Waals surface area contributed by atoms with Gasteiger partial charge in [-0.2, -0.15) is 0 Å². The zero-order valence-corrected chi connectivity index (χ0v) is 14.4. The van der Waals surface area contributed by atoms with Crippen molar-refractivity contribution in [3.63, 3.8) is 0 Å². The lowest BCUT2D eigenvalue weighted by Crippen LogP contribution is -2.44. The average Bonchev–Trinajstić information content (AvgIpc) is 2.60. The topological polar surface area (TPSA) is 108 Å². The number of benzene rings is 1. The van der Waals surface area contributed by atoms with Crippen molar-refractivity contribution >= 4 is 18.2 Å². The Morgan fingerprint density at radius 2 is 2.08 bits per heavy atom. The van der Waals surface area contributed by atoms with Gasteiger partial charge in [-0.3, -0.25) is 4.79 Å². The van der Waals surface area contributed by atoms with Crippen LogP contribution in [-0.2, 0) is 16.2 Å². The number of piperidine rings is 1. The number of nitrogens with one attached hydrogen (secondary N) is 1. The summed E-state index contributed by atoms with van der Waals surface area (Å²) in [6.45, 7) is 4.58. The summed E-state index contributed by atoms with van der Waals surface area (Å²) in [5.74, 6) is 0. The lowest BCUT2D eigenvalue weighted by molar-refractivity contribution is -0.161. The Hall–Kier alpha value is -2.32. The van der Waals surface area contributed by atoms with Crippen molar-refractivity contribution in [3.05, 3.63) is 29.8 Å². The number of hydrogen-bond donors (Lipinski definition) is 3. The van der Waals surface area contributed by atoms with Crippen LogP contribution in [0, 0.1) is 0 Å². The van der Waals surface area contributed by atoms with Crippen LogP contribution >= 0.6 is 0 Å². The lowest BCUT2D eigenvalue weighted by Gasteiger charge is -2.34. The fraction of sp³-hybridized carbons (Fsp3) is 0.529. The minimum Gasteiger partial charge on any atom is -0.392 e. The monoisotopic (exact) mass is 350 g/mol. The Kier molecular flexibility index (Phi) is 7.03. The molecule has 8 heteroatoms. The highest BCUT2D eigenvalue weighted by Gasteiger charge is 2.19. The molecule has 8 nitrogen and oxygen atoms in total. The van der Waals surface area contributed by atoms with Crippen molar-refractivity contribution in [3.8, 4) is 0 Å². The zero-order chi connectivity index (χ0) is 18.2. The summed E-state index contributed by atoms with van der Waals surface area (Å²) in [5.41, 5.74) is 7.08. The first kappa shape index (κ1) is 19.0. The van der Waals surface area contributed by atoms with Crippen molar-refractivity contribution < 1.29 is 19.5 Å². The molecule has 0 saturated carbocycles. The summed E-state index contributed by atoms with van der Waals surface area (Å²) in [4.78, 5) is 28.4. The second-order valence-corrected chi connectivity index (χ2v) is 6.26. The normalized spacial score (nSPS) is 16.3. The molecule has 1 aromatic rings. The van der Waals surface area contributed by atoms with Gasteiger partial charge in [0.2, 0.25) is 0 Å². The van der Waals surface area contributed by atoms with Gasteiger partial charge in [-0.15, -0.1) is 5.06 Å². The van der Waals surface area contributed by atoms with Gasteiger partial charge in [0.25, 0.3) is 0 Å². The molecular weight excluding hydrogens is 324 g/mol. The lowest BCUT2D eigenvalue weighted by atomic mass is 10.0. The van der Waals surface area contributed by atoms with Crippen LogP contribution in [0.2, 0.25) is 0 Å². The predicted molar refractivity (Wildman–Crippen MR) is 93.6 cm³/mol. The molecule has 0 radical (unpaired) electrons. The Morgan fingerprint density at radius 3 is 2.60 bits per heavy atom. The molecule has 2 rings (SSSR count). The van der Waals surface area contributed by atoms with Gasteiger partial charge in [0.15, 0.2) is 0 Å². The highest BCUT2D eigenvalue weighted by Crippen LogP contribution is 2.21. The molecule has 1 aliphatic heterocycles. The molecule has 0 aromatic heterocycles. The number of carbonyl (C=O) groups is 2. The van der Waals surface area contributed by atoms with Crippen LogP contribution in [0.1, 0.15) is 25.3 Å². The van der Waals surface area contributed by atoms with Gasteiger partial charge in [0.05, 0.1) is 12.6 Å². The summed E-state index contributed by atoms with van der Waals surface area (Å²) in [6.07, 6.45) is 1.72. The fourth-order valence-corrected chi connectivity index (χ4v) is 2.88. The molecule has 25 heavy (non-hydrogen) atoms. The summed E-state index contributed by atoms with van der Waals surface area (Å²) in [7, 11) is 0. The van der Waals surface area contributed by atoms with Gasteiger partial charge in [-0.1, -0.05) is 12.1 Å². The maximum atomic E-state index is 11.2. The third-order valence-electron chi connectivity index (χ3n) is 4.24. The van der Waals surface area contributed by atoms with Gasteiger partial charge < -0.3 is 25.9 Å². The maximum Gasteiger partial charge on any atom is 0.348 e. The number of hydroxylamine groups is 2. The third kappa shape index (κ3) is 5.91. The number of urea groups is 1. The average molecular weight is 350 g/mol. The Bertz CT molecular complexity index is 556. The van der Waals surface area contributed by atoms with E-state index in [0.717, 1.165) is 42.2 Å². The van der Waals surface area contributed by atoms with Crippen molar-refractivity contribution in [1.29, 1.82) is 0 Å². The van der Waals surface area contributed by atoms with Crippen LogP contribution in [-0.4, -0.2) is 54.5 Å². The van der Waals surface area contributed by atoms with E-state index in [1.807, 2.05) is 24.3 Å². The molecule has 1 unspecified atom stereocenters. The number of rotatable bonds is 8. The smallest absolute Gasteiger partial charge is 0.348 e. The van der Waals surface area contributed by atoms with Crippen molar-refractivity contribution in [2.24, 2.45) is 5.73 Å². The van der Waals surface area contributed by atoms with Crippen LogP contribution in [0.25, 0.3) is 0 Å². The molecular formula is C17H26N4O4. The van der Waals surface area contributed by atoms with E-state index < -0.39 is 6.03 Å². The van der Waals surface area contributed by atoms with Gasteiger partial charge in [0, 0.05) is 31.4 Å². The largest absolute Gasteiger partial charge is 0.392 e. The molecule has 1 atom stereocenters. The number of anilines is 1. The quantitative estimate of drug-likeness (QED) is 0.468. The molecule has 4 N–H and O–H groups in total. The van der Waals surface area contributed by atoms with Gasteiger partial charge in [0.1, 0.15) is 0 Å². The SMILES string of the molecule is CC(O)CNC1CCN(c2ccc(CN(OC=O)C(N)=O)cc2)CC1. The number of aliphatic hydroxyl groups is 1. The number of nitrogens with two attached hydrogens (primary N) is 1. The number of aliphatic hydroxyl groups excluding tert-OH is 1. The fourth-order valence-electron chi connectivity index (χ4n) is 2.88. The van der Waals surface area contributed by atoms with E-state index in [1.165, 1.54) is 0 Å². The van der Waals surface area contributed by atoms with Gasteiger partial charge >= 0.3 is 12.5 Å². The van der Waals surface area contributed by atoms with E-state index in [2.05, 4.69) is 15.1 Å². The molecule has 1 heterocycles. The molecule has 1 aliphatic rings. The number of carbonyl (C=O) groups excluding carboxylic acids is 2. The molecule has 138 valence electrons. The van der Waals surface area contributed by atoms with Gasteiger partial charge in [-0.05, 0) is 37.5 Å². The Balaban J connectivity index is 1.86. The third-order valence-corrected chi connectivity index (χ3v) is 4.24. The van der Waals surface area contributed by atoms with E-state index in [-0.39, 0.29) is 19.1 Å². The summed E-state index contributed by atoms with van der Waals surface area (Å²) >= 11 is 0. The van der Waals surface area contributed by atoms with Crippen molar-refractivity contribution in [1.82, 2.24) is 10.4 Å². The first-order valence-electron chi connectivity index (χ1n) is 8.42. The first-order valence-corrected chi connectivity index (χ1v) is 8.42. The van der Waals surface area contributed by atoms with E-state index in [0.29, 0.717) is 12.6 Å². The molecule has 1 saturated heterocycles. The van der Waals surface area contributed by atoms with E-state index in [1.54, 1.807) is 6.92 Å². The first-order chi connectivity index (χ1) is 12.0. The van der Waals surface area contributed by atoms with E-state index >= 15 is 0 Å². The van der Waals surface area contributed by atoms with Crippen LogP contribution in [0.15, 0.2) is 24.3 Å². The van der Waals surface area contributed by atoms with Crippen LogP contribution in [0.4, 0.5) is 10.5 Å². The second kappa shape index (κ2) is 9.24. The number of amides is 2. The van der Waals surface area contributed by atoms with E-state index in [9.17, 15) is 14.7 Å². The molecule has 2 amide bonds. The van der Waals surface area contributed by atoms with Crippen molar-refractivity contribution in [2.45, 2.75) is 38.5 Å². The minimum atomic E-state index is -0.817. The van der Waals surface area contributed by atoms with Crippen LogP contribution < -0.4 is 16.0 Å². The van der Waals surface area contributed by atoms with E-state index in [4.69, 9.17) is 5.73 Å². The molecule has 1 aromatic carbocycles. The van der Waals surface area contributed by atoms with Crippen LogP contribution in [0.3, 0.4) is 0 Å². The molecule has 0 aliphatic carbocycles. The summed E-state index contributed by atoms with van der Waals surface area (Å²) in [5, 5.41) is 13.5. The predicted octanol–water partition coefficient (Wildman–Crippen LogP) is 0.595. The van der Waals surface area contributed by atoms with Crippen molar-refractivity contribution in [2.75, 3.05) is 24.5 Å². The summed E-state index contributed by atoms with van der Waals surface area (Å²) < 4.78 is 0. The minimum absolute atomic E-state index is 0.111. The maximum absolute atomic E-state index is 11.2. The highest BCUT2D eigenvalue weighted by atomic mass is 16.7. The highest BCUT2D eigenvalue weighted by molar-refractivity contribution is 5.71. The Morgan fingerprint density at radius 1 is 1.44 bits per heavy atom. The number of primary amides is 1. The number of nitrogens with zero attached hydrogens (tertiary/aromatic N) is 2.